The van der Waals surface area contributed by atoms with E-state index in [1.807, 2.05) is 24.0 Å². The molecule has 1 fully saturated rings. The molecule has 1 aromatic rings. The van der Waals surface area contributed by atoms with Gasteiger partial charge in [0.05, 0.1) is 0 Å². The molecule has 0 atom stereocenters. The van der Waals surface area contributed by atoms with E-state index in [-0.39, 0.29) is 0 Å². The maximum Gasteiger partial charge on any atom is 0.147 e. The quantitative estimate of drug-likeness (QED) is 0.809. The fourth-order valence-corrected chi connectivity index (χ4v) is 2.02. The van der Waals surface area contributed by atoms with Crippen LogP contribution < -0.4 is 5.32 Å². The average Bonchev–Trinajstić information content (AvgIpc) is 2.64. The van der Waals surface area contributed by atoms with Crippen LogP contribution >= 0.6 is 0 Å². The second kappa shape index (κ2) is 4.66. The number of hydrogen-bond donors (Lipinski definition) is 1. The Balaban J connectivity index is 1.74. The van der Waals surface area contributed by atoms with Crippen LogP contribution in [-0.4, -0.2) is 41.4 Å². The lowest BCUT2D eigenvalue weighted by Crippen LogP contribution is -2.33. The van der Waals surface area contributed by atoms with E-state index in [2.05, 4.69) is 22.4 Å². The highest BCUT2D eigenvalue weighted by Gasteiger charge is 2.16. The van der Waals surface area contributed by atoms with Crippen LogP contribution in [0.1, 0.15) is 12.8 Å². The molecule has 15 heavy (non-hydrogen) atoms. The van der Waals surface area contributed by atoms with Crippen LogP contribution in [0.5, 0.6) is 0 Å². The van der Waals surface area contributed by atoms with E-state index in [1.54, 1.807) is 0 Å². The zero-order valence-electron chi connectivity index (χ0n) is 9.61. The van der Waals surface area contributed by atoms with Crippen molar-refractivity contribution >= 4 is 5.82 Å². The topological polar surface area (TPSA) is 33.1 Å². The molecule has 1 aliphatic heterocycles. The largest absolute Gasteiger partial charge is 0.368 e. The number of aromatic nitrogens is 2. The molecule has 1 aliphatic rings. The zero-order valence-corrected chi connectivity index (χ0v) is 9.61. The third kappa shape index (κ3) is 2.96. The molecule has 1 saturated heterocycles. The van der Waals surface area contributed by atoms with Crippen LogP contribution in [0.4, 0.5) is 5.82 Å². The lowest BCUT2D eigenvalue weighted by atomic mass is 9.97. The van der Waals surface area contributed by atoms with Crippen molar-refractivity contribution in [2.24, 2.45) is 13.0 Å². The minimum Gasteiger partial charge on any atom is -0.368 e. The minimum absolute atomic E-state index is 0.809. The molecule has 0 bridgehead atoms. The van der Waals surface area contributed by atoms with Gasteiger partial charge in [-0.15, -0.1) is 0 Å². The highest BCUT2D eigenvalue weighted by atomic mass is 15.3. The molecule has 1 N–H and O–H groups in total. The molecule has 0 aromatic carbocycles. The van der Waals surface area contributed by atoms with Crippen LogP contribution in [0.15, 0.2) is 12.3 Å². The number of nitrogens with one attached hydrogen (secondary N) is 1. The van der Waals surface area contributed by atoms with Gasteiger partial charge >= 0.3 is 0 Å². The smallest absolute Gasteiger partial charge is 0.147 e. The molecule has 2 rings (SSSR count). The number of rotatable bonds is 3. The van der Waals surface area contributed by atoms with Crippen LogP contribution in [0, 0.1) is 5.92 Å². The molecule has 0 amide bonds. The van der Waals surface area contributed by atoms with Crippen molar-refractivity contribution in [2.45, 2.75) is 12.8 Å². The van der Waals surface area contributed by atoms with Gasteiger partial charge in [-0.25, -0.2) is 0 Å². The van der Waals surface area contributed by atoms with Crippen molar-refractivity contribution in [1.29, 1.82) is 0 Å². The molecular formula is C11H20N4. The summed E-state index contributed by atoms with van der Waals surface area (Å²) in [7, 11) is 4.14. The van der Waals surface area contributed by atoms with Gasteiger partial charge in [-0.2, -0.15) is 5.10 Å². The Morgan fingerprint density at radius 1 is 1.40 bits per heavy atom. The average molecular weight is 208 g/mol. The third-order valence-electron chi connectivity index (χ3n) is 3.12. The number of aryl methyl sites for hydroxylation is 1. The Labute approximate surface area is 91.3 Å². The normalized spacial score (nSPS) is 19.3. The summed E-state index contributed by atoms with van der Waals surface area (Å²) in [6.45, 7) is 3.52. The van der Waals surface area contributed by atoms with E-state index in [4.69, 9.17) is 0 Å². The van der Waals surface area contributed by atoms with Gasteiger partial charge in [0.2, 0.25) is 0 Å². The molecule has 0 spiro atoms. The minimum atomic E-state index is 0.809. The van der Waals surface area contributed by atoms with Crippen LogP contribution in [0.25, 0.3) is 0 Å². The molecule has 0 saturated carbocycles. The number of hydrogen-bond acceptors (Lipinski definition) is 3. The second-order valence-electron chi connectivity index (χ2n) is 4.50. The van der Waals surface area contributed by atoms with Crippen molar-refractivity contribution in [2.75, 3.05) is 32.0 Å². The summed E-state index contributed by atoms with van der Waals surface area (Å²) >= 11 is 0. The fourth-order valence-electron chi connectivity index (χ4n) is 2.02. The Bertz CT molecular complexity index is 299. The van der Waals surface area contributed by atoms with Crippen molar-refractivity contribution in [3.8, 4) is 0 Å². The summed E-state index contributed by atoms with van der Waals surface area (Å²) in [5.41, 5.74) is 0. The van der Waals surface area contributed by atoms with Gasteiger partial charge in [-0.1, -0.05) is 0 Å². The Kier molecular flexibility index (Phi) is 3.26. The first-order valence-electron chi connectivity index (χ1n) is 5.66. The monoisotopic (exact) mass is 208 g/mol. The highest BCUT2D eigenvalue weighted by molar-refractivity contribution is 5.31. The first kappa shape index (κ1) is 10.5. The number of piperidine rings is 1. The van der Waals surface area contributed by atoms with Gasteiger partial charge in [0, 0.05) is 25.9 Å². The number of anilines is 1. The van der Waals surface area contributed by atoms with Crippen LogP contribution in [-0.2, 0) is 7.05 Å². The first-order chi connectivity index (χ1) is 7.24. The molecule has 0 unspecified atom stereocenters. The summed E-state index contributed by atoms with van der Waals surface area (Å²) in [5, 5.41) is 7.70. The molecular weight excluding hydrogens is 188 g/mol. The van der Waals surface area contributed by atoms with Gasteiger partial charge < -0.3 is 10.2 Å². The molecule has 1 aromatic heterocycles. The van der Waals surface area contributed by atoms with Gasteiger partial charge in [0.25, 0.3) is 0 Å². The zero-order chi connectivity index (χ0) is 10.7. The molecule has 0 radical (unpaired) electrons. The number of likely N-dealkylation sites (tertiary alicyclic amines) is 1. The van der Waals surface area contributed by atoms with Gasteiger partial charge in [-0.05, 0) is 38.9 Å². The lowest BCUT2D eigenvalue weighted by molar-refractivity contribution is 0.226. The molecule has 84 valence electrons. The maximum absolute atomic E-state index is 4.31. The SMILES string of the molecule is CN1CCC(CNc2ccn(C)n2)CC1. The fraction of sp³-hybridized carbons (Fsp3) is 0.727. The Morgan fingerprint density at radius 2 is 2.13 bits per heavy atom. The summed E-state index contributed by atoms with van der Waals surface area (Å²) in [6, 6.07) is 2.02. The summed E-state index contributed by atoms with van der Waals surface area (Å²) in [6.07, 6.45) is 4.57. The molecule has 2 heterocycles. The van der Waals surface area contributed by atoms with E-state index in [9.17, 15) is 0 Å². The Hall–Kier alpha value is -1.03. The lowest BCUT2D eigenvalue weighted by Gasteiger charge is -2.28. The van der Waals surface area contributed by atoms with Crippen molar-refractivity contribution < 1.29 is 0 Å². The Morgan fingerprint density at radius 3 is 2.73 bits per heavy atom. The number of nitrogens with zero attached hydrogens (tertiary/aromatic N) is 3. The summed E-state index contributed by atoms with van der Waals surface area (Å²) in [5.74, 6) is 1.81. The van der Waals surface area contributed by atoms with E-state index in [0.29, 0.717) is 0 Å². The summed E-state index contributed by atoms with van der Waals surface area (Å²) in [4.78, 5) is 2.40. The first-order valence-corrected chi connectivity index (χ1v) is 5.66. The third-order valence-corrected chi connectivity index (χ3v) is 3.12. The van der Waals surface area contributed by atoms with E-state index in [1.165, 1.54) is 25.9 Å². The predicted octanol–water partition coefficient (Wildman–Crippen LogP) is 1.17. The van der Waals surface area contributed by atoms with Gasteiger partial charge in [-0.3, -0.25) is 4.68 Å². The highest BCUT2D eigenvalue weighted by Crippen LogP contribution is 2.16. The molecule has 4 heteroatoms. The van der Waals surface area contributed by atoms with E-state index in [0.717, 1.165) is 18.3 Å². The predicted molar refractivity (Wildman–Crippen MR) is 61.9 cm³/mol. The van der Waals surface area contributed by atoms with E-state index >= 15 is 0 Å². The van der Waals surface area contributed by atoms with Crippen LogP contribution in [0.2, 0.25) is 0 Å². The molecule has 0 aliphatic carbocycles. The van der Waals surface area contributed by atoms with Crippen molar-refractivity contribution in [3.63, 3.8) is 0 Å². The van der Waals surface area contributed by atoms with Crippen molar-refractivity contribution in [3.05, 3.63) is 12.3 Å². The maximum atomic E-state index is 4.31. The van der Waals surface area contributed by atoms with Gasteiger partial charge in [0.15, 0.2) is 0 Å². The van der Waals surface area contributed by atoms with Crippen LogP contribution in [0.3, 0.4) is 0 Å². The second-order valence-corrected chi connectivity index (χ2v) is 4.50. The summed E-state index contributed by atoms with van der Waals surface area (Å²) < 4.78 is 1.83. The standard InChI is InChI=1S/C11H20N4/c1-14-6-3-10(4-7-14)9-12-11-5-8-15(2)13-11/h5,8,10H,3-4,6-7,9H2,1-2H3,(H,12,13). The van der Waals surface area contributed by atoms with E-state index < -0.39 is 0 Å². The van der Waals surface area contributed by atoms with Crippen molar-refractivity contribution in [1.82, 2.24) is 14.7 Å². The van der Waals surface area contributed by atoms with Gasteiger partial charge in [0.1, 0.15) is 5.82 Å². The molecule has 4 nitrogen and oxygen atoms in total.